The van der Waals surface area contributed by atoms with Gasteiger partial charge in [0.2, 0.25) is 0 Å². The quantitative estimate of drug-likeness (QED) is 0.791. The largest absolute Gasteiger partial charge is 0.365 e. The minimum absolute atomic E-state index is 0.0327. The number of nitrogens with two attached hydrogens (primary N) is 1. The summed E-state index contributed by atoms with van der Waals surface area (Å²) in [5, 5.41) is 16.8. The summed E-state index contributed by atoms with van der Waals surface area (Å²) in [7, 11) is 0. The van der Waals surface area contributed by atoms with E-state index in [1.165, 1.54) is 0 Å². The molecule has 2 aromatic rings. The highest BCUT2D eigenvalue weighted by Crippen LogP contribution is 2.41. The standard InChI is InChI=1S/C15H15ClN6O/c16-13-7-10(4-6-19-13)20-15-11(14(18)23)8-22(21-15)12(3-5-17)9-1-2-9/h4,6-9,12H,1-3H2,(H2,18,23)(H,19,20,21). The van der Waals surface area contributed by atoms with E-state index in [-0.39, 0.29) is 11.6 Å². The van der Waals surface area contributed by atoms with Gasteiger partial charge in [-0.15, -0.1) is 0 Å². The molecule has 0 spiro atoms. The molecule has 1 aliphatic carbocycles. The van der Waals surface area contributed by atoms with Crippen LogP contribution in [0.1, 0.15) is 35.7 Å². The van der Waals surface area contributed by atoms with Crippen molar-refractivity contribution in [3.63, 3.8) is 0 Å². The van der Waals surface area contributed by atoms with Crippen LogP contribution in [0.15, 0.2) is 24.5 Å². The predicted octanol–water partition coefficient (Wildman–Crippen LogP) is 2.64. The molecule has 8 heteroatoms. The Hall–Kier alpha value is -2.59. The van der Waals surface area contributed by atoms with Crippen molar-refractivity contribution >= 4 is 29.0 Å². The molecular weight excluding hydrogens is 316 g/mol. The molecule has 0 aliphatic heterocycles. The van der Waals surface area contributed by atoms with E-state index in [1.54, 1.807) is 29.2 Å². The molecule has 0 aromatic carbocycles. The highest BCUT2D eigenvalue weighted by Gasteiger charge is 2.33. The number of carbonyl (C=O) groups is 1. The minimum atomic E-state index is -0.578. The monoisotopic (exact) mass is 330 g/mol. The second-order valence-corrected chi connectivity index (χ2v) is 5.88. The highest BCUT2D eigenvalue weighted by molar-refractivity contribution is 6.29. The number of carbonyl (C=O) groups excluding carboxylic acids is 1. The van der Waals surface area contributed by atoms with Gasteiger partial charge < -0.3 is 11.1 Å². The maximum atomic E-state index is 11.7. The van der Waals surface area contributed by atoms with E-state index in [2.05, 4.69) is 21.5 Å². The van der Waals surface area contributed by atoms with Gasteiger partial charge in [-0.2, -0.15) is 10.4 Å². The summed E-state index contributed by atoms with van der Waals surface area (Å²) in [5.41, 5.74) is 6.37. The van der Waals surface area contributed by atoms with E-state index in [0.717, 1.165) is 12.8 Å². The Balaban J connectivity index is 1.92. The lowest BCUT2D eigenvalue weighted by atomic mass is 10.1. The normalized spacial score (nSPS) is 15.0. The van der Waals surface area contributed by atoms with Gasteiger partial charge in [0, 0.05) is 18.1 Å². The summed E-state index contributed by atoms with van der Waals surface area (Å²) in [6.07, 6.45) is 5.65. The molecule has 0 saturated heterocycles. The third-order valence-electron chi connectivity index (χ3n) is 3.79. The van der Waals surface area contributed by atoms with Gasteiger partial charge in [-0.25, -0.2) is 4.98 Å². The molecule has 1 unspecified atom stereocenters. The Morgan fingerprint density at radius 3 is 3.00 bits per heavy atom. The number of rotatable bonds is 6. The van der Waals surface area contributed by atoms with Gasteiger partial charge in [-0.1, -0.05) is 11.6 Å². The number of anilines is 2. The second kappa shape index (κ2) is 6.26. The van der Waals surface area contributed by atoms with E-state index in [4.69, 9.17) is 22.6 Å². The number of nitriles is 1. The lowest BCUT2D eigenvalue weighted by Crippen LogP contribution is -2.12. The van der Waals surface area contributed by atoms with Crippen molar-refractivity contribution in [3.05, 3.63) is 35.2 Å². The first kappa shape index (κ1) is 15.3. The molecule has 3 N–H and O–H groups in total. The minimum Gasteiger partial charge on any atom is -0.365 e. The first-order chi connectivity index (χ1) is 11.1. The predicted molar refractivity (Wildman–Crippen MR) is 85.3 cm³/mol. The maximum Gasteiger partial charge on any atom is 0.254 e. The van der Waals surface area contributed by atoms with Crippen LogP contribution in [0.2, 0.25) is 5.15 Å². The van der Waals surface area contributed by atoms with E-state index >= 15 is 0 Å². The molecule has 1 aliphatic rings. The van der Waals surface area contributed by atoms with Crippen LogP contribution in [0.5, 0.6) is 0 Å². The molecule has 7 nitrogen and oxygen atoms in total. The summed E-state index contributed by atoms with van der Waals surface area (Å²) in [6.45, 7) is 0. The zero-order valence-corrected chi connectivity index (χ0v) is 13.0. The van der Waals surface area contributed by atoms with Crippen molar-refractivity contribution in [2.45, 2.75) is 25.3 Å². The molecule has 23 heavy (non-hydrogen) atoms. The fourth-order valence-corrected chi connectivity index (χ4v) is 2.68. The average Bonchev–Trinajstić information content (AvgIpc) is 3.25. The fraction of sp³-hybridized carbons (Fsp3) is 0.333. The zero-order valence-electron chi connectivity index (χ0n) is 12.2. The second-order valence-electron chi connectivity index (χ2n) is 5.49. The summed E-state index contributed by atoms with van der Waals surface area (Å²) >= 11 is 5.86. The Bertz CT molecular complexity index is 777. The van der Waals surface area contributed by atoms with Crippen LogP contribution < -0.4 is 11.1 Å². The third kappa shape index (κ3) is 3.43. The van der Waals surface area contributed by atoms with Crippen molar-refractivity contribution in [1.29, 1.82) is 5.26 Å². The number of aromatic nitrogens is 3. The van der Waals surface area contributed by atoms with Crippen LogP contribution in [0.25, 0.3) is 0 Å². The van der Waals surface area contributed by atoms with Gasteiger partial charge >= 0.3 is 0 Å². The molecule has 1 amide bonds. The molecule has 1 atom stereocenters. The van der Waals surface area contributed by atoms with E-state index in [9.17, 15) is 4.79 Å². The lowest BCUT2D eigenvalue weighted by Gasteiger charge is -2.12. The van der Waals surface area contributed by atoms with Crippen LogP contribution in [0.4, 0.5) is 11.5 Å². The third-order valence-corrected chi connectivity index (χ3v) is 4.00. The Morgan fingerprint density at radius 1 is 1.61 bits per heavy atom. The van der Waals surface area contributed by atoms with Crippen molar-refractivity contribution in [2.75, 3.05) is 5.32 Å². The summed E-state index contributed by atoms with van der Waals surface area (Å²) < 4.78 is 1.67. The topological polar surface area (TPSA) is 110 Å². The van der Waals surface area contributed by atoms with Gasteiger partial charge in [0.05, 0.1) is 18.5 Å². The molecule has 118 valence electrons. The first-order valence-electron chi connectivity index (χ1n) is 7.23. The van der Waals surface area contributed by atoms with Crippen LogP contribution in [0.3, 0.4) is 0 Å². The van der Waals surface area contributed by atoms with Crippen molar-refractivity contribution in [2.24, 2.45) is 11.7 Å². The van der Waals surface area contributed by atoms with Crippen molar-refractivity contribution in [1.82, 2.24) is 14.8 Å². The summed E-state index contributed by atoms with van der Waals surface area (Å²) in [6, 6.07) is 5.48. The number of halogens is 1. The average molecular weight is 331 g/mol. The van der Waals surface area contributed by atoms with Gasteiger partial charge in [-0.3, -0.25) is 9.48 Å². The van der Waals surface area contributed by atoms with Crippen LogP contribution in [-0.2, 0) is 0 Å². The lowest BCUT2D eigenvalue weighted by molar-refractivity contribution is 0.100. The van der Waals surface area contributed by atoms with Crippen LogP contribution in [-0.4, -0.2) is 20.7 Å². The maximum absolute atomic E-state index is 11.7. The Kier molecular flexibility index (Phi) is 4.17. The van der Waals surface area contributed by atoms with E-state index in [1.807, 2.05) is 0 Å². The van der Waals surface area contributed by atoms with Crippen LogP contribution >= 0.6 is 11.6 Å². The van der Waals surface area contributed by atoms with E-state index in [0.29, 0.717) is 29.0 Å². The van der Waals surface area contributed by atoms with Gasteiger partial charge in [-0.05, 0) is 30.9 Å². The molecule has 0 bridgehead atoms. The number of hydrogen-bond donors (Lipinski definition) is 2. The molecule has 1 saturated carbocycles. The number of nitrogens with zero attached hydrogens (tertiary/aromatic N) is 4. The summed E-state index contributed by atoms with van der Waals surface area (Å²) in [5.74, 6) is 0.201. The molecule has 0 radical (unpaired) electrons. The molecule has 2 heterocycles. The van der Waals surface area contributed by atoms with Crippen molar-refractivity contribution in [3.8, 4) is 6.07 Å². The number of pyridine rings is 1. The number of amides is 1. The van der Waals surface area contributed by atoms with Crippen LogP contribution in [0, 0.1) is 17.2 Å². The molecule has 1 fully saturated rings. The Labute approximate surface area is 138 Å². The first-order valence-corrected chi connectivity index (χ1v) is 7.60. The smallest absolute Gasteiger partial charge is 0.254 e. The molecular formula is C15H15ClN6O. The Morgan fingerprint density at radius 2 is 2.39 bits per heavy atom. The number of primary amides is 1. The number of hydrogen-bond acceptors (Lipinski definition) is 5. The molecule has 2 aromatic heterocycles. The van der Waals surface area contributed by atoms with Gasteiger partial charge in [0.15, 0.2) is 5.82 Å². The fourth-order valence-electron chi connectivity index (χ4n) is 2.50. The summed E-state index contributed by atoms with van der Waals surface area (Å²) in [4.78, 5) is 15.6. The molecule has 3 rings (SSSR count). The highest BCUT2D eigenvalue weighted by atomic mass is 35.5. The zero-order chi connectivity index (χ0) is 16.4. The number of nitrogens with one attached hydrogen (secondary N) is 1. The van der Waals surface area contributed by atoms with Gasteiger partial charge in [0.25, 0.3) is 5.91 Å². The van der Waals surface area contributed by atoms with Gasteiger partial charge in [0.1, 0.15) is 10.7 Å². The van der Waals surface area contributed by atoms with E-state index < -0.39 is 5.91 Å². The van der Waals surface area contributed by atoms with Crippen molar-refractivity contribution < 1.29 is 4.79 Å². The SMILES string of the molecule is N#CCC(C1CC1)n1cc(C(N)=O)c(Nc2ccnc(Cl)c2)n1.